The molecule has 0 atom stereocenters. The molecule has 5 nitrogen and oxygen atoms in total. The molecule has 1 amide bonds. The largest absolute Gasteiger partial charge is 0.366 e. The molecule has 0 fully saturated rings. The molecule has 20 heavy (non-hydrogen) atoms. The molecule has 2 heterocycles. The first-order chi connectivity index (χ1) is 9.65. The van der Waals surface area contributed by atoms with E-state index >= 15 is 0 Å². The van der Waals surface area contributed by atoms with Gasteiger partial charge < -0.3 is 10.7 Å². The van der Waals surface area contributed by atoms with Crippen molar-refractivity contribution in [2.75, 3.05) is 0 Å². The summed E-state index contributed by atoms with van der Waals surface area (Å²) >= 11 is 0. The van der Waals surface area contributed by atoms with E-state index in [0.717, 1.165) is 10.8 Å². The summed E-state index contributed by atoms with van der Waals surface area (Å²) in [5, 5.41) is 1.47. The van der Waals surface area contributed by atoms with Gasteiger partial charge in [-0.15, -0.1) is 0 Å². The van der Waals surface area contributed by atoms with Gasteiger partial charge in [0.15, 0.2) is 0 Å². The zero-order valence-electron chi connectivity index (χ0n) is 10.5. The van der Waals surface area contributed by atoms with Crippen LogP contribution >= 0.6 is 0 Å². The van der Waals surface area contributed by atoms with E-state index in [1.807, 2.05) is 6.07 Å². The van der Waals surface area contributed by atoms with E-state index in [0.29, 0.717) is 17.0 Å². The lowest BCUT2D eigenvalue weighted by molar-refractivity contribution is 0.100. The van der Waals surface area contributed by atoms with Gasteiger partial charge in [0.25, 0.3) is 0 Å². The molecule has 0 saturated heterocycles. The third-order valence-corrected chi connectivity index (χ3v) is 3.06. The molecule has 3 rings (SSSR count). The Morgan fingerprint density at radius 1 is 1.15 bits per heavy atom. The molecule has 0 unspecified atom stereocenters. The number of rotatable bonds is 2. The smallest absolute Gasteiger partial charge is 0.249 e. The van der Waals surface area contributed by atoms with Crippen LogP contribution in [0, 0.1) is 0 Å². The van der Waals surface area contributed by atoms with E-state index in [1.54, 1.807) is 36.5 Å². The molecular formula is C15H11N3O2. The van der Waals surface area contributed by atoms with Gasteiger partial charge in [0.2, 0.25) is 11.5 Å². The van der Waals surface area contributed by atoms with Gasteiger partial charge in [0.1, 0.15) is 0 Å². The van der Waals surface area contributed by atoms with Gasteiger partial charge >= 0.3 is 0 Å². The molecule has 0 saturated carbocycles. The topological polar surface area (TPSA) is 88.8 Å². The molecule has 0 spiro atoms. The second kappa shape index (κ2) is 4.62. The molecule has 1 aromatic carbocycles. The summed E-state index contributed by atoms with van der Waals surface area (Å²) in [5.41, 5.74) is 6.69. The molecule has 0 aliphatic carbocycles. The number of amides is 1. The van der Waals surface area contributed by atoms with Crippen LogP contribution in [-0.2, 0) is 0 Å². The van der Waals surface area contributed by atoms with E-state index in [-0.39, 0.29) is 5.56 Å². The van der Waals surface area contributed by atoms with Crippen LogP contribution in [0.15, 0.2) is 53.5 Å². The standard InChI is InChI=1S/C15H11N3O2/c16-15(20)10-5-4-9-8-13(19)18-14(11(9)7-10)12-3-1-2-6-17-12/h1-8H,(H2,16,20)(H,18,19). The minimum Gasteiger partial charge on any atom is -0.366 e. The average molecular weight is 265 g/mol. The van der Waals surface area contributed by atoms with Crippen molar-refractivity contribution in [1.29, 1.82) is 0 Å². The van der Waals surface area contributed by atoms with Crippen molar-refractivity contribution in [1.82, 2.24) is 9.97 Å². The number of benzene rings is 1. The van der Waals surface area contributed by atoms with E-state index < -0.39 is 5.91 Å². The number of pyridine rings is 2. The highest BCUT2D eigenvalue weighted by atomic mass is 16.1. The summed E-state index contributed by atoms with van der Waals surface area (Å²) < 4.78 is 0. The number of fused-ring (bicyclic) bond motifs is 1. The first kappa shape index (κ1) is 12.1. The number of aromatic nitrogens is 2. The molecule has 0 radical (unpaired) electrons. The van der Waals surface area contributed by atoms with Crippen LogP contribution in [0.3, 0.4) is 0 Å². The fourth-order valence-electron chi connectivity index (χ4n) is 2.13. The van der Waals surface area contributed by atoms with Crippen LogP contribution < -0.4 is 11.3 Å². The number of hydrogen-bond acceptors (Lipinski definition) is 3. The number of nitrogens with two attached hydrogens (primary N) is 1. The molecule has 0 bridgehead atoms. The fraction of sp³-hybridized carbons (Fsp3) is 0. The van der Waals surface area contributed by atoms with Gasteiger partial charge in [-0.2, -0.15) is 0 Å². The summed E-state index contributed by atoms with van der Waals surface area (Å²) in [4.78, 5) is 30.0. The highest BCUT2D eigenvalue weighted by molar-refractivity contribution is 6.01. The van der Waals surface area contributed by atoms with Crippen LogP contribution in [0.2, 0.25) is 0 Å². The van der Waals surface area contributed by atoms with Crippen LogP contribution in [-0.4, -0.2) is 15.9 Å². The van der Waals surface area contributed by atoms with Crippen molar-refractivity contribution in [3.63, 3.8) is 0 Å². The number of nitrogens with zero attached hydrogens (tertiary/aromatic N) is 1. The highest BCUT2D eigenvalue weighted by Gasteiger charge is 2.09. The zero-order chi connectivity index (χ0) is 14.1. The number of carbonyl (C=O) groups excluding carboxylic acids is 1. The maximum atomic E-state index is 11.7. The van der Waals surface area contributed by atoms with E-state index in [4.69, 9.17) is 5.73 Å². The Morgan fingerprint density at radius 3 is 2.70 bits per heavy atom. The Hall–Kier alpha value is -2.95. The fourth-order valence-corrected chi connectivity index (χ4v) is 2.13. The van der Waals surface area contributed by atoms with Crippen molar-refractivity contribution in [3.8, 4) is 11.4 Å². The molecule has 3 aromatic rings. The first-order valence-electron chi connectivity index (χ1n) is 6.03. The van der Waals surface area contributed by atoms with Crippen molar-refractivity contribution in [2.24, 2.45) is 5.73 Å². The average Bonchev–Trinajstić information content (AvgIpc) is 2.46. The third-order valence-electron chi connectivity index (χ3n) is 3.06. The van der Waals surface area contributed by atoms with Crippen LogP contribution in [0.1, 0.15) is 10.4 Å². The number of aromatic amines is 1. The molecule has 2 aromatic heterocycles. The summed E-state index contributed by atoms with van der Waals surface area (Å²) in [6.07, 6.45) is 1.64. The van der Waals surface area contributed by atoms with Gasteiger partial charge in [-0.3, -0.25) is 14.6 Å². The molecule has 5 heteroatoms. The monoisotopic (exact) mass is 265 g/mol. The van der Waals surface area contributed by atoms with Gasteiger partial charge in [0, 0.05) is 23.2 Å². The Labute approximate surface area is 114 Å². The maximum absolute atomic E-state index is 11.7. The molecule has 0 aliphatic rings. The first-order valence-corrected chi connectivity index (χ1v) is 6.03. The third kappa shape index (κ3) is 2.05. The second-order valence-corrected chi connectivity index (χ2v) is 4.39. The maximum Gasteiger partial charge on any atom is 0.249 e. The van der Waals surface area contributed by atoms with Gasteiger partial charge in [-0.05, 0) is 29.7 Å². The lowest BCUT2D eigenvalue weighted by Crippen LogP contribution is -2.11. The van der Waals surface area contributed by atoms with Crippen molar-refractivity contribution in [3.05, 3.63) is 64.6 Å². The normalized spacial score (nSPS) is 10.6. The number of carbonyl (C=O) groups is 1. The number of hydrogen-bond donors (Lipinski definition) is 2. The Bertz CT molecular complexity index is 854. The van der Waals surface area contributed by atoms with Crippen LogP contribution in [0.25, 0.3) is 22.2 Å². The molecular weight excluding hydrogens is 254 g/mol. The van der Waals surface area contributed by atoms with Crippen molar-refractivity contribution >= 4 is 16.7 Å². The van der Waals surface area contributed by atoms with Gasteiger partial charge in [-0.1, -0.05) is 12.1 Å². The summed E-state index contributed by atoms with van der Waals surface area (Å²) in [6, 6.07) is 11.9. The highest BCUT2D eigenvalue weighted by Crippen LogP contribution is 2.24. The van der Waals surface area contributed by atoms with Crippen molar-refractivity contribution in [2.45, 2.75) is 0 Å². The predicted octanol–water partition coefficient (Wildman–Crippen LogP) is 1.69. The number of primary amides is 1. The molecule has 0 aliphatic heterocycles. The SMILES string of the molecule is NC(=O)c1ccc2cc(=O)[nH]c(-c3ccccn3)c2c1. The minimum atomic E-state index is -0.509. The Kier molecular flexibility index (Phi) is 2.80. The lowest BCUT2D eigenvalue weighted by atomic mass is 10.0. The Morgan fingerprint density at radius 2 is 2.00 bits per heavy atom. The quantitative estimate of drug-likeness (QED) is 0.739. The molecule has 98 valence electrons. The summed E-state index contributed by atoms with van der Waals surface area (Å²) in [5.74, 6) is -0.509. The molecule has 3 N–H and O–H groups in total. The van der Waals surface area contributed by atoms with E-state index in [9.17, 15) is 9.59 Å². The van der Waals surface area contributed by atoms with Gasteiger partial charge in [0.05, 0.1) is 11.4 Å². The predicted molar refractivity (Wildman–Crippen MR) is 76.3 cm³/mol. The minimum absolute atomic E-state index is 0.218. The zero-order valence-corrected chi connectivity index (χ0v) is 10.5. The van der Waals surface area contributed by atoms with Crippen molar-refractivity contribution < 1.29 is 4.79 Å². The Balaban J connectivity index is 2.37. The van der Waals surface area contributed by atoms with Gasteiger partial charge in [-0.25, -0.2) is 0 Å². The lowest BCUT2D eigenvalue weighted by Gasteiger charge is -2.07. The number of nitrogens with one attached hydrogen (secondary N) is 1. The summed E-state index contributed by atoms with van der Waals surface area (Å²) in [7, 11) is 0. The van der Waals surface area contributed by atoms with Crippen LogP contribution in [0.5, 0.6) is 0 Å². The van der Waals surface area contributed by atoms with Crippen LogP contribution in [0.4, 0.5) is 0 Å². The summed E-state index contributed by atoms with van der Waals surface area (Å²) in [6.45, 7) is 0. The second-order valence-electron chi connectivity index (χ2n) is 4.39. The van der Waals surface area contributed by atoms with E-state index in [1.165, 1.54) is 6.07 Å². The van der Waals surface area contributed by atoms with E-state index in [2.05, 4.69) is 9.97 Å². The number of H-pyrrole nitrogens is 1.